The molecule has 0 aliphatic carbocycles. The van der Waals surface area contributed by atoms with Crippen molar-refractivity contribution in [2.75, 3.05) is 0 Å². The van der Waals surface area contributed by atoms with Gasteiger partial charge >= 0.3 is 0 Å². The number of benzene rings is 2. The number of fused-ring (bicyclic) bond motifs is 1. The molecule has 0 bridgehead atoms. The fraction of sp³-hybridized carbons (Fsp3) is 0.0714. The van der Waals surface area contributed by atoms with Gasteiger partial charge in [-0.2, -0.15) is 0 Å². The van der Waals surface area contributed by atoms with Gasteiger partial charge in [-0.25, -0.2) is 0 Å². The summed E-state index contributed by atoms with van der Waals surface area (Å²) in [4.78, 5) is 13.0. The molecular weight excluding hydrogens is 248 g/mol. The van der Waals surface area contributed by atoms with Crippen molar-refractivity contribution in [3.63, 3.8) is 0 Å². The molecule has 0 radical (unpaired) electrons. The van der Waals surface area contributed by atoms with Gasteiger partial charge in [-0.05, 0) is 17.7 Å². The van der Waals surface area contributed by atoms with Gasteiger partial charge in [0, 0.05) is 10.5 Å². The van der Waals surface area contributed by atoms with Gasteiger partial charge in [-0.15, -0.1) is 11.8 Å². The van der Waals surface area contributed by atoms with Gasteiger partial charge < -0.3 is 0 Å². The first-order valence-electron chi connectivity index (χ1n) is 5.36. The molecule has 0 saturated heterocycles. The van der Waals surface area contributed by atoms with E-state index in [2.05, 4.69) is 12.1 Å². The first-order valence-corrected chi connectivity index (χ1v) is 7.12. The van der Waals surface area contributed by atoms with E-state index < -0.39 is 0 Å². The summed E-state index contributed by atoms with van der Waals surface area (Å²) in [6.07, 6.45) is 0. The maximum absolute atomic E-state index is 11.8. The number of hydrogen-bond acceptors (Lipinski definition) is 3. The van der Waals surface area contributed by atoms with Gasteiger partial charge in [0.15, 0.2) is 0 Å². The topological polar surface area (TPSA) is 17.1 Å². The molecule has 0 spiro atoms. The first kappa shape index (κ1) is 10.9. The van der Waals surface area contributed by atoms with Crippen molar-refractivity contribution in [2.24, 2.45) is 0 Å². The Morgan fingerprint density at radius 1 is 0.941 bits per heavy atom. The van der Waals surface area contributed by atoms with Crippen molar-refractivity contribution in [3.8, 4) is 0 Å². The lowest BCUT2D eigenvalue weighted by atomic mass is 10.1. The lowest BCUT2D eigenvalue weighted by Crippen LogP contribution is -1.87. The summed E-state index contributed by atoms with van der Waals surface area (Å²) in [6.45, 7) is 0. The highest BCUT2D eigenvalue weighted by atomic mass is 32.2. The Hall–Kier alpha value is -1.19. The molecule has 3 rings (SSSR count). The fourth-order valence-electron chi connectivity index (χ4n) is 1.82. The molecule has 1 aliphatic heterocycles. The summed E-state index contributed by atoms with van der Waals surface area (Å²) in [5, 5.41) is 0.189. The molecule has 1 heterocycles. The van der Waals surface area contributed by atoms with Crippen molar-refractivity contribution < 1.29 is 4.79 Å². The van der Waals surface area contributed by atoms with Gasteiger partial charge in [0.1, 0.15) is 0 Å². The summed E-state index contributed by atoms with van der Waals surface area (Å²) in [5.41, 5.74) is 2.02. The van der Waals surface area contributed by atoms with Crippen molar-refractivity contribution in [1.82, 2.24) is 0 Å². The monoisotopic (exact) mass is 258 g/mol. The summed E-state index contributed by atoms with van der Waals surface area (Å²) < 4.78 is 0.195. The molecule has 1 nitrogen and oxygen atoms in total. The standard InChI is InChI=1S/C14H10OS2/c15-13-11-8-4-5-9-12(11)14(17-13)16-10-6-2-1-3-7-10/h1-9,14H. The second-order valence-corrected chi connectivity index (χ2v) is 6.31. The number of thioether (sulfide) groups is 2. The van der Waals surface area contributed by atoms with Crippen LogP contribution in [0.3, 0.4) is 0 Å². The minimum atomic E-state index is 0.189. The highest BCUT2D eigenvalue weighted by Crippen LogP contribution is 2.50. The molecule has 1 unspecified atom stereocenters. The Labute approximate surface area is 109 Å². The van der Waals surface area contributed by atoms with Crippen LogP contribution in [0, 0.1) is 0 Å². The molecule has 17 heavy (non-hydrogen) atoms. The lowest BCUT2D eigenvalue weighted by molar-refractivity contribution is 0.109. The van der Waals surface area contributed by atoms with Crippen LogP contribution in [0.4, 0.5) is 0 Å². The largest absolute Gasteiger partial charge is 0.282 e. The van der Waals surface area contributed by atoms with Gasteiger partial charge in [-0.1, -0.05) is 54.2 Å². The minimum Gasteiger partial charge on any atom is -0.282 e. The van der Waals surface area contributed by atoms with Gasteiger partial charge in [-0.3, -0.25) is 4.79 Å². The minimum absolute atomic E-state index is 0.189. The zero-order valence-electron chi connectivity index (χ0n) is 9.00. The average molecular weight is 258 g/mol. The Kier molecular flexibility index (Phi) is 2.95. The zero-order chi connectivity index (χ0) is 11.7. The van der Waals surface area contributed by atoms with Crippen LogP contribution in [0.25, 0.3) is 0 Å². The van der Waals surface area contributed by atoms with E-state index in [-0.39, 0.29) is 9.70 Å². The molecule has 2 aromatic carbocycles. The van der Waals surface area contributed by atoms with Crippen LogP contribution in [0.2, 0.25) is 0 Å². The van der Waals surface area contributed by atoms with Crippen LogP contribution in [0.15, 0.2) is 59.5 Å². The number of hydrogen-bond donors (Lipinski definition) is 0. The first-order chi connectivity index (χ1) is 8.34. The molecule has 0 fully saturated rings. The van der Waals surface area contributed by atoms with E-state index in [1.54, 1.807) is 11.8 Å². The van der Waals surface area contributed by atoms with E-state index in [9.17, 15) is 4.79 Å². The molecule has 84 valence electrons. The Morgan fingerprint density at radius 3 is 2.47 bits per heavy atom. The molecule has 1 atom stereocenters. The third-order valence-corrected chi connectivity index (χ3v) is 5.13. The summed E-state index contributed by atoms with van der Waals surface area (Å²) in [7, 11) is 0. The molecule has 1 aliphatic rings. The van der Waals surface area contributed by atoms with Crippen molar-refractivity contribution in [1.29, 1.82) is 0 Å². The molecule has 0 N–H and O–H groups in total. The summed E-state index contributed by atoms with van der Waals surface area (Å²) in [5.74, 6) is 0. The van der Waals surface area contributed by atoms with E-state index in [0.29, 0.717) is 0 Å². The molecule has 0 amide bonds. The second kappa shape index (κ2) is 4.59. The molecular formula is C14H10OS2. The second-order valence-electron chi connectivity index (χ2n) is 3.76. The molecule has 2 aromatic rings. The van der Waals surface area contributed by atoms with Gasteiger partial charge in [0.25, 0.3) is 0 Å². The molecule has 3 heteroatoms. The van der Waals surface area contributed by atoms with Gasteiger partial charge in [0.2, 0.25) is 5.12 Å². The maximum atomic E-state index is 11.8. The Morgan fingerprint density at radius 2 is 1.65 bits per heavy atom. The number of rotatable bonds is 2. The van der Waals surface area contributed by atoms with E-state index >= 15 is 0 Å². The zero-order valence-corrected chi connectivity index (χ0v) is 10.6. The third-order valence-electron chi connectivity index (χ3n) is 2.64. The normalized spacial score (nSPS) is 18.1. The van der Waals surface area contributed by atoms with Crippen molar-refractivity contribution in [2.45, 2.75) is 9.48 Å². The predicted octanol–water partition coefficient (Wildman–Crippen LogP) is 4.36. The number of carbonyl (C=O) groups is 1. The average Bonchev–Trinajstić information content (AvgIpc) is 2.69. The van der Waals surface area contributed by atoms with E-state index in [1.165, 1.54) is 16.7 Å². The number of carbonyl (C=O) groups excluding carboxylic acids is 1. The lowest BCUT2D eigenvalue weighted by Gasteiger charge is -2.08. The maximum Gasteiger partial charge on any atom is 0.221 e. The van der Waals surface area contributed by atoms with Crippen LogP contribution < -0.4 is 0 Å². The smallest absolute Gasteiger partial charge is 0.221 e. The van der Waals surface area contributed by atoms with E-state index in [4.69, 9.17) is 0 Å². The Bertz CT molecular complexity index is 551. The van der Waals surface area contributed by atoms with E-state index in [0.717, 1.165) is 11.1 Å². The Balaban J connectivity index is 1.90. The SMILES string of the molecule is O=C1SC(Sc2ccccc2)c2ccccc21. The summed E-state index contributed by atoms with van der Waals surface area (Å²) >= 11 is 3.15. The van der Waals surface area contributed by atoms with E-state index in [1.807, 2.05) is 42.5 Å². The van der Waals surface area contributed by atoms with Crippen LogP contribution >= 0.6 is 23.5 Å². The van der Waals surface area contributed by atoms with Gasteiger partial charge in [0.05, 0.1) is 4.58 Å². The third kappa shape index (κ3) is 2.13. The van der Waals surface area contributed by atoms with Crippen LogP contribution in [-0.4, -0.2) is 5.12 Å². The molecule has 0 aromatic heterocycles. The van der Waals surface area contributed by atoms with Crippen LogP contribution in [0.5, 0.6) is 0 Å². The van der Waals surface area contributed by atoms with Crippen molar-refractivity contribution >= 4 is 28.6 Å². The highest BCUT2D eigenvalue weighted by molar-refractivity contribution is 8.25. The fourth-order valence-corrected chi connectivity index (χ4v) is 4.34. The highest BCUT2D eigenvalue weighted by Gasteiger charge is 2.30. The van der Waals surface area contributed by atoms with Crippen molar-refractivity contribution in [3.05, 3.63) is 65.7 Å². The quantitative estimate of drug-likeness (QED) is 0.796. The molecule has 0 saturated carbocycles. The predicted molar refractivity (Wildman–Crippen MR) is 73.4 cm³/mol. The van der Waals surface area contributed by atoms with Crippen LogP contribution in [-0.2, 0) is 0 Å². The van der Waals surface area contributed by atoms with Crippen LogP contribution in [0.1, 0.15) is 20.5 Å². The summed E-state index contributed by atoms with van der Waals surface area (Å²) in [6, 6.07) is 18.1.